The summed E-state index contributed by atoms with van der Waals surface area (Å²) in [5.74, 6) is -0.355. The van der Waals surface area contributed by atoms with E-state index in [1.165, 1.54) is 16.8 Å². The van der Waals surface area contributed by atoms with E-state index in [0.29, 0.717) is 23.0 Å². The van der Waals surface area contributed by atoms with Crippen LogP contribution in [-0.4, -0.2) is 44.4 Å². The van der Waals surface area contributed by atoms with Crippen LogP contribution in [0.4, 0.5) is 4.39 Å². The molecule has 0 bridgehead atoms. The van der Waals surface area contributed by atoms with Crippen LogP contribution in [0.5, 0.6) is 0 Å². The minimum absolute atomic E-state index is 0.0990. The molecule has 0 saturated carbocycles. The molecular formula is C21H25ClFN5O. The zero-order chi connectivity index (χ0) is 21.0. The van der Waals surface area contributed by atoms with Crippen LogP contribution in [0, 0.1) is 12.7 Å². The number of carbonyl (C=O) groups excluding carboxylic acids is 1. The van der Waals surface area contributed by atoms with Gasteiger partial charge in [0.1, 0.15) is 11.0 Å². The Hall–Kier alpha value is -2.67. The van der Waals surface area contributed by atoms with Crippen LogP contribution in [0.25, 0.3) is 11.3 Å². The fraction of sp³-hybridized carbons (Fsp3) is 0.381. The number of unbranched alkanes of at least 4 members (excludes halogenated alkanes) is 2. The van der Waals surface area contributed by atoms with Crippen molar-refractivity contribution in [2.45, 2.75) is 32.6 Å². The minimum atomic E-state index is -0.256. The Morgan fingerprint density at radius 2 is 1.97 bits per heavy atom. The molecule has 6 nitrogen and oxygen atoms in total. The molecule has 0 saturated heterocycles. The molecule has 0 unspecified atom stereocenters. The van der Waals surface area contributed by atoms with Gasteiger partial charge in [0, 0.05) is 31.9 Å². The molecule has 3 aromatic rings. The van der Waals surface area contributed by atoms with Gasteiger partial charge < -0.3 is 4.90 Å². The zero-order valence-electron chi connectivity index (χ0n) is 16.9. The second kappa shape index (κ2) is 9.22. The van der Waals surface area contributed by atoms with Crippen LogP contribution in [0.15, 0.2) is 30.3 Å². The average molecular weight is 418 g/mol. The summed E-state index contributed by atoms with van der Waals surface area (Å²) in [4.78, 5) is 14.3. The molecule has 0 aliphatic heterocycles. The molecule has 0 radical (unpaired) electrons. The molecule has 0 aliphatic carbocycles. The zero-order valence-corrected chi connectivity index (χ0v) is 17.6. The van der Waals surface area contributed by atoms with Crippen LogP contribution in [0.2, 0.25) is 5.15 Å². The van der Waals surface area contributed by atoms with E-state index >= 15 is 0 Å². The molecule has 1 amide bonds. The highest BCUT2D eigenvalue weighted by Gasteiger charge is 2.21. The summed E-state index contributed by atoms with van der Waals surface area (Å²) in [6.45, 7) is 2.45. The molecule has 2 aromatic heterocycles. The third kappa shape index (κ3) is 5.03. The van der Waals surface area contributed by atoms with Gasteiger partial charge in [-0.25, -0.2) is 4.39 Å². The van der Waals surface area contributed by atoms with Gasteiger partial charge in [0.05, 0.1) is 17.0 Å². The van der Waals surface area contributed by atoms with E-state index in [-0.39, 0.29) is 11.7 Å². The first-order chi connectivity index (χ1) is 13.9. The van der Waals surface area contributed by atoms with Crippen LogP contribution in [0.1, 0.15) is 41.0 Å². The summed E-state index contributed by atoms with van der Waals surface area (Å²) >= 11 is 6.18. The van der Waals surface area contributed by atoms with Crippen LogP contribution >= 0.6 is 11.6 Å². The first-order valence-corrected chi connectivity index (χ1v) is 9.99. The maximum Gasteiger partial charge on any atom is 0.258 e. The number of nitrogens with zero attached hydrogens (tertiary/aromatic N) is 4. The summed E-state index contributed by atoms with van der Waals surface area (Å²) in [6.07, 6.45) is 3.75. The van der Waals surface area contributed by atoms with Gasteiger partial charge in [-0.3, -0.25) is 14.6 Å². The smallest absolute Gasteiger partial charge is 0.258 e. The number of H-pyrrole nitrogens is 1. The van der Waals surface area contributed by atoms with Gasteiger partial charge in [0.25, 0.3) is 5.91 Å². The van der Waals surface area contributed by atoms with Crippen LogP contribution in [-0.2, 0) is 13.5 Å². The number of aryl methyl sites for hydroxylation is 3. The van der Waals surface area contributed by atoms with E-state index in [4.69, 9.17) is 11.6 Å². The van der Waals surface area contributed by atoms with Gasteiger partial charge in [0.15, 0.2) is 0 Å². The number of halogens is 2. The van der Waals surface area contributed by atoms with Gasteiger partial charge >= 0.3 is 0 Å². The Balaban J connectivity index is 1.43. The number of nitrogens with one attached hydrogen (secondary N) is 1. The van der Waals surface area contributed by atoms with Gasteiger partial charge in [-0.2, -0.15) is 10.2 Å². The summed E-state index contributed by atoms with van der Waals surface area (Å²) in [5, 5.41) is 11.9. The monoisotopic (exact) mass is 417 g/mol. The highest BCUT2D eigenvalue weighted by atomic mass is 35.5. The molecule has 29 heavy (non-hydrogen) atoms. The third-order valence-electron chi connectivity index (χ3n) is 4.92. The highest BCUT2D eigenvalue weighted by Crippen LogP contribution is 2.21. The van der Waals surface area contributed by atoms with E-state index in [2.05, 4.69) is 15.3 Å². The summed E-state index contributed by atoms with van der Waals surface area (Å²) in [5.41, 5.74) is 3.87. The van der Waals surface area contributed by atoms with Crippen molar-refractivity contribution in [3.05, 3.63) is 58.3 Å². The number of hydrogen-bond donors (Lipinski definition) is 1. The fourth-order valence-electron chi connectivity index (χ4n) is 3.26. The molecule has 8 heteroatoms. The first-order valence-electron chi connectivity index (χ1n) is 9.61. The van der Waals surface area contributed by atoms with Crippen molar-refractivity contribution < 1.29 is 9.18 Å². The van der Waals surface area contributed by atoms with E-state index < -0.39 is 0 Å². The van der Waals surface area contributed by atoms with Crippen molar-refractivity contribution in [1.29, 1.82) is 0 Å². The quantitative estimate of drug-likeness (QED) is 0.552. The summed E-state index contributed by atoms with van der Waals surface area (Å²) in [6, 6.07) is 8.30. The van der Waals surface area contributed by atoms with Crippen LogP contribution < -0.4 is 0 Å². The van der Waals surface area contributed by atoms with Crippen molar-refractivity contribution in [2.24, 2.45) is 7.05 Å². The number of rotatable bonds is 8. The Morgan fingerprint density at radius 3 is 2.62 bits per heavy atom. The number of hydrogen-bond acceptors (Lipinski definition) is 3. The number of aromatic nitrogens is 4. The second-order valence-electron chi connectivity index (χ2n) is 7.20. The maximum absolute atomic E-state index is 13.0. The van der Waals surface area contributed by atoms with Crippen LogP contribution in [0.3, 0.4) is 0 Å². The van der Waals surface area contributed by atoms with E-state index in [1.54, 1.807) is 38.1 Å². The van der Waals surface area contributed by atoms with Crippen molar-refractivity contribution >= 4 is 17.5 Å². The fourth-order valence-corrected chi connectivity index (χ4v) is 3.52. The van der Waals surface area contributed by atoms with E-state index in [1.807, 2.05) is 6.07 Å². The van der Waals surface area contributed by atoms with E-state index in [0.717, 1.165) is 42.6 Å². The molecule has 2 heterocycles. The molecule has 1 N–H and O–H groups in total. The van der Waals surface area contributed by atoms with E-state index in [9.17, 15) is 9.18 Å². The molecule has 154 valence electrons. The SMILES string of the molecule is Cc1nn(C)c(Cl)c1C(=O)N(C)CCCCCc1cc(-c2ccc(F)cc2)n[nH]1. The minimum Gasteiger partial charge on any atom is -0.342 e. The molecule has 1 aromatic carbocycles. The Bertz CT molecular complexity index is 980. The number of carbonyl (C=O) groups is 1. The highest BCUT2D eigenvalue weighted by molar-refractivity contribution is 6.33. The lowest BCUT2D eigenvalue weighted by molar-refractivity contribution is 0.0792. The maximum atomic E-state index is 13.0. The van der Waals surface area contributed by atoms with Gasteiger partial charge in [-0.1, -0.05) is 18.0 Å². The predicted octanol–water partition coefficient (Wildman–Crippen LogP) is 4.40. The lowest BCUT2D eigenvalue weighted by Gasteiger charge is -2.17. The normalized spacial score (nSPS) is 11.1. The molecule has 0 atom stereocenters. The molecule has 0 fully saturated rings. The lowest BCUT2D eigenvalue weighted by Crippen LogP contribution is -2.28. The number of benzene rings is 1. The molecule has 0 spiro atoms. The Kier molecular flexibility index (Phi) is 6.69. The lowest BCUT2D eigenvalue weighted by atomic mass is 10.1. The molecule has 3 rings (SSSR count). The Morgan fingerprint density at radius 1 is 1.24 bits per heavy atom. The summed E-state index contributed by atoms with van der Waals surface area (Å²) < 4.78 is 14.5. The standard InChI is InChI=1S/C21H25ClFN5O/c1-14-19(20(22)28(3)26-14)21(29)27(2)12-6-4-5-7-17-13-18(25-24-17)15-8-10-16(23)11-9-15/h8-11,13H,4-7,12H2,1-3H3,(H,24,25). The van der Waals surface area contributed by atoms with Crippen molar-refractivity contribution in [2.75, 3.05) is 13.6 Å². The Labute approximate surface area is 174 Å². The topological polar surface area (TPSA) is 66.8 Å². The second-order valence-corrected chi connectivity index (χ2v) is 7.56. The third-order valence-corrected chi connectivity index (χ3v) is 5.36. The average Bonchev–Trinajstić information content (AvgIpc) is 3.26. The number of aromatic amines is 1. The largest absolute Gasteiger partial charge is 0.342 e. The summed E-state index contributed by atoms with van der Waals surface area (Å²) in [7, 11) is 3.51. The number of amides is 1. The van der Waals surface area contributed by atoms with Crippen molar-refractivity contribution in [3.8, 4) is 11.3 Å². The first kappa shape index (κ1) is 21.0. The predicted molar refractivity (Wildman–Crippen MR) is 111 cm³/mol. The van der Waals surface area contributed by atoms with Gasteiger partial charge in [-0.05, 0) is 56.5 Å². The van der Waals surface area contributed by atoms with Gasteiger partial charge in [0.2, 0.25) is 0 Å². The van der Waals surface area contributed by atoms with Gasteiger partial charge in [-0.15, -0.1) is 0 Å². The van der Waals surface area contributed by atoms with Crippen molar-refractivity contribution in [3.63, 3.8) is 0 Å². The molecular weight excluding hydrogens is 393 g/mol. The molecule has 0 aliphatic rings. The van der Waals surface area contributed by atoms with Crippen molar-refractivity contribution in [1.82, 2.24) is 24.9 Å².